The molecule has 4 amide bonds. The number of carbonyl (C=O) groups excluding carboxylic acids is 3. The summed E-state index contributed by atoms with van der Waals surface area (Å²) in [4.78, 5) is 42.0. The number of hydrogen-bond acceptors (Lipinski definition) is 3. The second-order valence-electron chi connectivity index (χ2n) is 7.74. The van der Waals surface area contributed by atoms with E-state index >= 15 is 0 Å². The van der Waals surface area contributed by atoms with E-state index in [9.17, 15) is 27.6 Å². The fourth-order valence-corrected chi connectivity index (χ4v) is 3.94. The molecule has 7 nitrogen and oxygen atoms in total. The Morgan fingerprint density at radius 1 is 1.21 bits per heavy atom. The highest BCUT2D eigenvalue weighted by Gasteiger charge is 2.56. The van der Waals surface area contributed by atoms with Gasteiger partial charge in [0.1, 0.15) is 12.1 Å². The molecule has 10 heteroatoms. The van der Waals surface area contributed by atoms with Crippen molar-refractivity contribution in [3.8, 4) is 0 Å². The van der Waals surface area contributed by atoms with E-state index < -0.39 is 23.3 Å². The molecule has 2 N–H and O–H groups in total. The summed E-state index contributed by atoms with van der Waals surface area (Å²) in [5, 5.41) is 0. The number of nitrogens with zero attached hydrogens (tertiary/aromatic N) is 3. The van der Waals surface area contributed by atoms with E-state index in [1.165, 1.54) is 26.8 Å². The lowest BCUT2D eigenvalue weighted by Crippen LogP contribution is -2.69. The van der Waals surface area contributed by atoms with Gasteiger partial charge in [0, 0.05) is 19.1 Å². The highest BCUT2D eigenvalue weighted by molar-refractivity contribution is 5.99. The molecule has 2 aliphatic rings. The van der Waals surface area contributed by atoms with Gasteiger partial charge in [-0.2, -0.15) is 13.2 Å². The number of likely N-dealkylation sites (tertiary alicyclic amines) is 1. The predicted molar refractivity (Wildman–Crippen MR) is 97.3 cm³/mol. The zero-order valence-corrected chi connectivity index (χ0v) is 16.2. The molecule has 2 aliphatic heterocycles. The van der Waals surface area contributed by atoms with Crippen molar-refractivity contribution in [1.82, 2.24) is 14.7 Å². The second-order valence-corrected chi connectivity index (χ2v) is 7.74. The molecule has 158 valence electrons. The van der Waals surface area contributed by atoms with E-state index in [4.69, 9.17) is 5.73 Å². The zero-order chi connectivity index (χ0) is 21.6. The van der Waals surface area contributed by atoms with Crippen LogP contribution in [-0.4, -0.2) is 63.8 Å². The summed E-state index contributed by atoms with van der Waals surface area (Å²) in [6, 6.07) is 3.59. The van der Waals surface area contributed by atoms with Gasteiger partial charge in [-0.25, -0.2) is 4.79 Å². The van der Waals surface area contributed by atoms with Crippen LogP contribution in [0.3, 0.4) is 0 Å². The SMILES string of the molecule is CC(C)N1CC(=O)N(Cc2ccc(C(F)(F)F)cc2)C2(CCN(C(N)=O)C2)C1=O. The van der Waals surface area contributed by atoms with E-state index in [1.54, 1.807) is 13.8 Å². The van der Waals surface area contributed by atoms with E-state index in [0.29, 0.717) is 5.56 Å². The quantitative estimate of drug-likeness (QED) is 0.822. The number of nitrogens with two attached hydrogens (primary N) is 1. The molecule has 0 saturated carbocycles. The van der Waals surface area contributed by atoms with E-state index in [2.05, 4.69) is 0 Å². The third-order valence-electron chi connectivity index (χ3n) is 5.59. The normalized spacial score (nSPS) is 22.9. The molecule has 0 bridgehead atoms. The van der Waals surface area contributed by atoms with Crippen LogP contribution in [0, 0.1) is 0 Å². The van der Waals surface area contributed by atoms with Crippen molar-refractivity contribution in [2.45, 2.75) is 44.6 Å². The summed E-state index contributed by atoms with van der Waals surface area (Å²) in [6.07, 6.45) is -4.23. The zero-order valence-electron chi connectivity index (χ0n) is 16.2. The Kier molecular flexibility index (Phi) is 5.22. The number of hydrogen-bond donors (Lipinski definition) is 1. The number of halogens is 3. The molecule has 1 unspecified atom stereocenters. The Bertz CT molecular complexity index is 825. The van der Waals surface area contributed by atoms with Gasteiger partial charge in [0.05, 0.1) is 12.1 Å². The van der Waals surface area contributed by atoms with Crippen molar-refractivity contribution >= 4 is 17.8 Å². The molecule has 3 rings (SSSR count). The number of primary amides is 1. The first-order valence-corrected chi connectivity index (χ1v) is 9.28. The Labute approximate surface area is 166 Å². The van der Waals surface area contributed by atoms with Crippen LogP contribution in [0.2, 0.25) is 0 Å². The maximum atomic E-state index is 13.3. The Morgan fingerprint density at radius 3 is 2.31 bits per heavy atom. The van der Waals surface area contributed by atoms with E-state index in [0.717, 1.165) is 12.1 Å². The highest BCUT2D eigenvalue weighted by Crippen LogP contribution is 2.36. The predicted octanol–water partition coefficient (Wildman–Crippen LogP) is 1.81. The molecule has 1 aromatic rings. The van der Waals surface area contributed by atoms with Crippen LogP contribution in [-0.2, 0) is 22.3 Å². The Hall–Kier alpha value is -2.78. The molecule has 1 atom stereocenters. The summed E-state index contributed by atoms with van der Waals surface area (Å²) in [7, 11) is 0. The standard InChI is InChI=1S/C19H23F3N4O3/c1-12(2)25-10-15(27)26(9-13-3-5-14(6-4-13)19(20,21)22)18(16(25)28)7-8-24(11-18)17(23)29/h3-6,12H,7-11H2,1-2H3,(H2,23,29). The van der Waals surface area contributed by atoms with Crippen LogP contribution in [0.25, 0.3) is 0 Å². The van der Waals surface area contributed by atoms with Gasteiger partial charge < -0.3 is 20.4 Å². The molecule has 0 aromatic heterocycles. The molecule has 2 fully saturated rings. The third kappa shape index (κ3) is 3.75. The van der Waals surface area contributed by atoms with Crippen molar-refractivity contribution in [3.63, 3.8) is 0 Å². The number of benzene rings is 1. The Morgan fingerprint density at radius 2 is 1.83 bits per heavy atom. The number of piperazine rings is 1. The van der Waals surface area contributed by atoms with Gasteiger partial charge in [-0.05, 0) is 38.0 Å². The fourth-order valence-electron chi connectivity index (χ4n) is 3.94. The molecule has 2 saturated heterocycles. The molecular weight excluding hydrogens is 389 g/mol. The first-order chi connectivity index (χ1) is 13.5. The maximum absolute atomic E-state index is 13.3. The highest BCUT2D eigenvalue weighted by atomic mass is 19.4. The van der Waals surface area contributed by atoms with Crippen molar-refractivity contribution < 1.29 is 27.6 Å². The lowest BCUT2D eigenvalue weighted by Gasteiger charge is -2.48. The molecule has 1 spiro atoms. The average Bonchev–Trinajstić information content (AvgIpc) is 3.08. The minimum atomic E-state index is -4.46. The average molecular weight is 412 g/mol. The van der Waals surface area contributed by atoms with Gasteiger partial charge in [-0.1, -0.05) is 12.1 Å². The van der Waals surface area contributed by atoms with Gasteiger partial charge in [-0.15, -0.1) is 0 Å². The molecule has 1 aromatic carbocycles. The molecule has 0 radical (unpaired) electrons. The van der Waals surface area contributed by atoms with Crippen LogP contribution in [0.5, 0.6) is 0 Å². The first kappa shape index (κ1) is 20.9. The number of carbonyl (C=O) groups is 3. The summed E-state index contributed by atoms with van der Waals surface area (Å²) in [5.41, 5.74) is 3.78. The second kappa shape index (κ2) is 7.23. The van der Waals surface area contributed by atoms with Crippen molar-refractivity contribution in [2.75, 3.05) is 19.6 Å². The van der Waals surface area contributed by atoms with Gasteiger partial charge in [0.15, 0.2) is 0 Å². The third-order valence-corrected chi connectivity index (χ3v) is 5.59. The van der Waals surface area contributed by atoms with Crippen LogP contribution >= 0.6 is 0 Å². The molecule has 2 heterocycles. The number of rotatable bonds is 3. The van der Waals surface area contributed by atoms with Crippen molar-refractivity contribution in [2.24, 2.45) is 5.73 Å². The number of urea groups is 1. The topological polar surface area (TPSA) is 86.9 Å². The van der Waals surface area contributed by atoms with Crippen molar-refractivity contribution in [1.29, 1.82) is 0 Å². The minimum absolute atomic E-state index is 0.0265. The van der Waals surface area contributed by atoms with Gasteiger partial charge in [0.25, 0.3) is 5.91 Å². The molecule has 29 heavy (non-hydrogen) atoms. The Balaban J connectivity index is 1.93. The van der Waals surface area contributed by atoms with E-state index in [-0.39, 0.29) is 50.5 Å². The minimum Gasteiger partial charge on any atom is -0.351 e. The largest absolute Gasteiger partial charge is 0.416 e. The molecular formula is C19H23F3N4O3. The fraction of sp³-hybridized carbons (Fsp3) is 0.526. The van der Waals surface area contributed by atoms with Gasteiger partial charge >= 0.3 is 12.2 Å². The van der Waals surface area contributed by atoms with Crippen LogP contribution < -0.4 is 5.73 Å². The van der Waals surface area contributed by atoms with Crippen LogP contribution in [0.15, 0.2) is 24.3 Å². The lowest BCUT2D eigenvalue weighted by molar-refractivity contribution is -0.166. The van der Waals surface area contributed by atoms with Gasteiger partial charge in [0.2, 0.25) is 5.91 Å². The molecule has 0 aliphatic carbocycles. The smallest absolute Gasteiger partial charge is 0.351 e. The monoisotopic (exact) mass is 412 g/mol. The van der Waals surface area contributed by atoms with Gasteiger partial charge in [-0.3, -0.25) is 9.59 Å². The number of amides is 4. The maximum Gasteiger partial charge on any atom is 0.416 e. The summed E-state index contributed by atoms with van der Waals surface area (Å²) in [6.45, 7) is 3.65. The summed E-state index contributed by atoms with van der Waals surface area (Å²) < 4.78 is 38.4. The number of alkyl halides is 3. The first-order valence-electron chi connectivity index (χ1n) is 9.28. The van der Waals surface area contributed by atoms with E-state index in [1.807, 2.05) is 0 Å². The van der Waals surface area contributed by atoms with Crippen molar-refractivity contribution in [3.05, 3.63) is 35.4 Å². The summed E-state index contributed by atoms with van der Waals surface area (Å²) in [5.74, 6) is -0.590. The summed E-state index contributed by atoms with van der Waals surface area (Å²) >= 11 is 0. The lowest BCUT2D eigenvalue weighted by atomic mass is 9.89. The van der Waals surface area contributed by atoms with Crippen LogP contribution in [0.4, 0.5) is 18.0 Å². The van der Waals surface area contributed by atoms with Crippen LogP contribution in [0.1, 0.15) is 31.4 Å².